The van der Waals surface area contributed by atoms with E-state index in [1.165, 1.54) is 0 Å². The molecule has 0 unspecified atom stereocenters. The standard InChI is InChI=1S/C21H17N3O4/c1-27-16-7-4-6-14(10-16)19-11-18(24-28-19)21(26)22-12-15-9-13-5-2-3-8-17(13)23-20(15)25/h2-11H,12H2,1H3,(H,22,26)(H,23,25). The lowest BCUT2D eigenvalue weighted by atomic mass is 10.1. The van der Waals surface area contributed by atoms with Crippen LogP contribution in [0.4, 0.5) is 0 Å². The maximum Gasteiger partial charge on any atom is 0.273 e. The summed E-state index contributed by atoms with van der Waals surface area (Å²) in [6.07, 6.45) is 0. The molecule has 7 nitrogen and oxygen atoms in total. The number of methoxy groups -OCH3 is 1. The fraction of sp³-hybridized carbons (Fsp3) is 0.0952. The Morgan fingerprint density at radius 3 is 2.86 bits per heavy atom. The molecule has 0 saturated heterocycles. The van der Waals surface area contributed by atoms with Gasteiger partial charge in [0.2, 0.25) is 0 Å². The minimum Gasteiger partial charge on any atom is -0.497 e. The molecule has 0 saturated carbocycles. The zero-order valence-corrected chi connectivity index (χ0v) is 15.1. The number of nitrogens with zero attached hydrogens (tertiary/aromatic N) is 1. The van der Waals surface area contributed by atoms with Crippen LogP contribution in [0.15, 0.2) is 70.0 Å². The first-order valence-electron chi connectivity index (χ1n) is 8.64. The molecular formula is C21H17N3O4. The molecular weight excluding hydrogens is 358 g/mol. The first kappa shape index (κ1) is 17.5. The van der Waals surface area contributed by atoms with Crippen LogP contribution in [0.2, 0.25) is 0 Å². The highest BCUT2D eigenvalue weighted by Crippen LogP contribution is 2.24. The van der Waals surface area contributed by atoms with Gasteiger partial charge in [-0.05, 0) is 29.7 Å². The third-order valence-electron chi connectivity index (χ3n) is 4.37. The van der Waals surface area contributed by atoms with Crippen molar-refractivity contribution in [1.82, 2.24) is 15.5 Å². The van der Waals surface area contributed by atoms with Crippen molar-refractivity contribution >= 4 is 16.8 Å². The zero-order chi connectivity index (χ0) is 19.5. The predicted molar refractivity (Wildman–Crippen MR) is 104 cm³/mol. The first-order chi connectivity index (χ1) is 13.6. The zero-order valence-electron chi connectivity index (χ0n) is 15.1. The molecule has 2 aromatic heterocycles. The molecule has 0 radical (unpaired) electrons. The van der Waals surface area contributed by atoms with Crippen molar-refractivity contribution in [3.63, 3.8) is 0 Å². The molecule has 140 valence electrons. The minimum absolute atomic E-state index is 0.0837. The molecule has 4 aromatic rings. The highest BCUT2D eigenvalue weighted by atomic mass is 16.5. The number of rotatable bonds is 5. The van der Waals surface area contributed by atoms with E-state index in [9.17, 15) is 9.59 Å². The second kappa shape index (κ2) is 7.40. The topological polar surface area (TPSA) is 97.2 Å². The third-order valence-corrected chi connectivity index (χ3v) is 4.37. The van der Waals surface area contributed by atoms with Crippen molar-refractivity contribution in [2.45, 2.75) is 6.54 Å². The molecule has 4 rings (SSSR count). The largest absolute Gasteiger partial charge is 0.497 e. The van der Waals surface area contributed by atoms with E-state index in [-0.39, 0.29) is 17.8 Å². The van der Waals surface area contributed by atoms with Gasteiger partial charge in [-0.2, -0.15) is 0 Å². The van der Waals surface area contributed by atoms with Crippen LogP contribution in [0.25, 0.3) is 22.2 Å². The highest BCUT2D eigenvalue weighted by Gasteiger charge is 2.14. The molecule has 0 aliphatic carbocycles. The van der Waals surface area contributed by atoms with Crippen molar-refractivity contribution < 1.29 is 14.1 Å². The molecule has 1 amide bonds. The van der Waals surface area contributed by atoms with Crippen LogP contribution in [-0.2, 0) is 6.54 Å². The summed E-state index contributed by atoms with van der Waals surface area (Å²) in [5.41, 5.74) is 1.86. The molecule has 2 aromatic carbocycles. The van der Waals surface area contributed by atoms with Crippen LogP contribution in [0.3, 0.4) is 0 Å². The Labute approximate surface area is 159 Å². The van der Waals surface area contributed by atoms with Crippen molar-refractivity contribution in [2.75, 3.05) is 7.11 Å². The first-order valence-corrected chi connectivity index (χ1v) is 8.64. The number of ether oxygens (including phenoxy) is 1. The summed E-state index contributed by atoms with van der Waals surface area (Å²) in [5.74, 6) is 0.702. The molecule has 0 fully saturated rings. The summed E-state index contributed by atoms with van der Waals surface area (Å²) in [6, 6.07) is 18.0. The number of amides is 1. The Morgan fingerprint density at radius 2 is 2.00 bits per heavy atom. The Kier molecular flexibility index (Phi) is 4.63. The second-order valence-electron chi connectivity index (χ2n) is 6.20. The Balaban J connectivity index is 1.49. The number of nitrogens with one attached hydrogen (secondary N) is 2. The molecule has 0 atom stereocenters. The monoisotopic (exact) mass is 375 g/mol. The smallest absolute Gasteiger partial charge is 0.273 e. The third kappa shape index (κ3) is 3.50. The number of carbonyl (C=O) groups is 1. The minimum atomic E-state index is -0.426. The van der Waals surface area contributed by atoms with E-state index in [0.717, 1.165) is 16.5 Å². The second-order valence-corrected chi connectivity index (χ2v) is 6.20. The van der Waals surface area contributed by atoms with Gasteiger partial charge < -0.3 is 19.6 Å². The predicted octanol–water partition coefficient (Wildman–Crippen LogP) is 3.12. The van der Waals surface area contributed by atoms with Crippen molar-refractivity contribution in [3.05, 3.63) is 82.3 Å². The molecule has 2 heterocycles. The van der Waals surface area contributed by atoms with Gasteiger partial charge in [0.15, 0.2) is 11.5 Å². The summed E-state index contributed by atoms with van der Waals surface area (Å²) in [5, 5.41) is 7.42. The molecule has 0 aliphatic heterocycles. The van der Waals surface area contributed by atoms with Crippen molar-refractivity contribution in [3.8, 4) is 17.1 Å². The van der Waals surface area contributed by atoms with Crippen molar-refractivity contribution in [2.24, 2.45) is 0 Å². The van der Waals surface area contributed by atoms with Crippen LogP contribution < -0.4 is 15.6 Å². The number of fused-ring (bicyclic) bond motifs is 1. The summed E-state index contributed by atoms with van der Waals surface area (Å²) < 4.78 is 10.5. The summed E-state index contributed by atoms with van der Waals surface area (Å²) >= 11 is 0. The van der Waals surface area contributed by atoms with Gasteiger partial charge in [0.25, 0.3) is 11.5 Å². The maximum absolute atomic E-state index is 12.4. The number of hydrogen-bond acceptors (Lipinski definition) is 5. The van der Waals surface area contributed by atoms with Gasteiger partial charge in [0.1, 0.15) is 5.75 Å². The molecule has 28 heavy (non-hydrogen) atoms. The van der Waals surface area contributed by atoms with Gasteiger partial charge in [-0.1, -0.05) is 35.5 Å². The van der Waals surface area contributed by atoms with E-state index >= 15 is 0 Å². The molecule has 0 aliphatic rings. The van der Waals surface area contributed by atoms with E-state index in [1.54, 1.807) is 25.3 Å². The van der Waals surface area contributed by atoms with Crippen molar-refractivity contribution in [1.29, 1.82) is 0 Å². The van der Waals surface area contributed by atoms with Gasteiger partial charge in [0, 0.05) is 29.3 Å². The highest BCUT2D eigenvalue weighted by molar-refractivity contribution is 5.93. The van der Waals surface area contributed by atoms with E-state index < -0.39 is 5.91 Å². The lowest BCUT2D eigenvalue weighted by molar-refractivity contribution is 0.0942. The van der Waals surface area contributed by atoms with Gasteiger partial charge in [-0.15, -0.1) is 0 Å². The van der Waals surface area contributed by atoms with Gasteiger partial charge >= 0.3 is 0 Å². The molecule has 0 spiro atoms. The van der Waals surface area contributed by atoms with Crippen LogP contribution in [0, 0.1) is 0 Å². The Bertz CT molecular complexity index is 1210. The molecule has 0 bridgehead atoms. The fourth-order valence-corrected chi connectivity index (χ4v) is 2.88. The number of H-pyrrole nitrogens is 1. The Hall–Kier alpha value is -3.87. The SMILES string of the molecule is COc1cccc(-c2cc(C(=O)NCc3cc4ccccc4[nH]c3=O)no2)c1. The van der Waals surface area contributed by atoms with Gasteiger partial charge in [-0.25, -0.2) is 0 Å². The van der Waals surface area contributed by atoms with Crippen LogP contribution >= 0.6 is 0 Å². The number of benzene rings is 2. The average molecular weight is 375 g/mol. The van der Waals surface area contributed by atoms with Crippen LogP contribution in [0.1, 0.15) is 16.1 Å². The van der Waals surface area contributed by atoms with E-state index in [1.807, 2.05) is 42.5 Å². The van der Waals surface area contributed by atoms with Gasteiger partial charge in [0.05, 0.1) is 7.11 Å². The summed E-state index contributed by atoms with van der Waals surface area (Å²) in [6.45, 7) is 0.0837. The van der Waals surface area contributed by atoms with Crippen LogP contribution in [0.5, 0.6) is 5.75 Å². The summed E-state index contributed by atoms with van der Waals surface area (Å²) in [7, 11) is 1.58. The van der Waals surface area contributed by atoms with Gasteiger partial charge in [-0.3, -0.25) is 9.59 Å². The molecule has 7 heteroatoms. The lowest BCUT2D eigenvalue weighted by Crippen LogP contribution is -2.26. The number of para-hydroxylation sites is 1. The quantitative estimate of drug-likeness (QED) is 0.559. The number of hydrogen-bond donors (Lipinski definition) is 2. The Morgan fingerprint density at radius 1 is 1.14 bits per heavy atom. The fourth-order valence-electron chi connectivity index (χ4n) is 2.88. The lowest BCUT2D eigenvalue weighted by Gasteiger charge is -2.04. The normalized spacial score (nSPS) is 10.8. The number of aromatic amines is 1. The van der Waals surface area contributed by atoms with Crippen LogP contribution in [-0.4, -0.2) is 23.2 Å². The summed E-state index contributed by atoms with van der Waals surface area (Å²) in [4.78, 5) is 27.4. The number of pyridine rings is 1. The molecule has 2 N–H and O–H groups in total. The number of carbonyl (C=O) groups excluding carboxylic acids is 1. The number of aromatic nitrogens is 2. The average Bonchev–Trinajstić information content (AvgIpc) is 3.22. The van der Waals surface area contributed by atoms with E-state index in [4.69, 9.17) is 9.26 Å². The maximum atomic E-state index is 12.4. The van der Waals surface area contributed by atoms with E-state index in [0.29, 0.717) is 17.1 Å². The van der Waals surface area contributed by atoms with E-state index in [2.05, 4.69) is 15.5 Å².